The Morgan fingerprint density at radius 2 is 0.479 bits per heavy atom. The van der Waals surface area contributed by atoms with Crippen LogP contribution >= 0.6 is 0 Å². The van der Waals surface area contributed by atoms with E-state index in [4.69, 9.17) is 42.6 Å². The Hall–Kier alpha value is -0.360. The second kappa shape index (κ2) is 55.9. The van der Waals surface area contributed by atoms with E-state index in [1.54, 1.807) is 0 Å². The van der Waals surface area contributed by atoms with Crippen LogP contribution < -0.4 is 0 Å². The molecule has 0 fully saturated rings. The average Bonchev–Trinajstić information content (AvgIpc) is 3.38. The summed E-state index contributed by atoms with van der Waals surface area (Å²) in [5, 5.41) is 0. The van der Waals surface area contributed by atoms with Crippen molar-refractivity contribution in [3.05, 3.63) is 0 Å². The molecule has 0 aromatic rings. The molecule has 0 aliphatic rings. The monoisotopic (exact) mass is 1010 g/mol. The Kier molecular flexibility index (Phi) is 55.6. The first-order valence-corrected chi connectivity index (χ1v) is 31.7. The van der Waals surface area contributed by atoms with E-state index in [1.165, 1.54) is 154 Å². The maximum Gasteiger partial charge on any atom is 0.285 e. The zero-order chi connectivity index (χ0) is 51.9. The van der Waals surface area contributed by atoms with Crippen LogP contribution in [0.1, 0.15) is 338 Å². The van der Waals surface area contributed by atoms with Gasteiger partial charge in [0.15, 0.2) is 26.2 Å². The molecule has 0 saturated heterocycles. The summed E-state index contributed by atoms with van der Waals surface area (Å²) in [4.78, 5) is 0. The molecule has 0 spiro atoms. The molecule has 0 heterocycles. The summed E-state index contributed by atoms with van der Waals surface area (Å²) in [5.74, 6) is -2.28. The molecular formula is C62H126O9. The topological polar surface area (TPSA) is 83.1 Å². The van der Waals surface area contributed by atoms with Gasteiger partial charge < -0.3 is 33.2 Å². The van der Waals surface area contributed by atoms with Crippen LogP contribution in [0.15, 0.2) is 0 Å². The summed E-state index contributed by atoms with van der Waals surface area (Å²) in [6.07, 6.45) is 49.8. The molecule has 0 aromatic carbocycles. The number of unbranched alkanes of at least 4 members (excludes halogenated alkanes) is 32. The fourth-order valence-corrected chi connectivity index (χ4v) is 9.04. The van der Waals surface area contributed by atoms with Crippen molar-refractivity contribution in [2.24, 2.45) is 0 Å². The van der Waals surface area contributed by atoms with E-state index in [0.29, 0.717) is 39.3 Å². The first-order chi connectivity index (χ1) is 34.9. The molecule has 0 aliphatic carbocycles. The van der Waals surface area contributed by atoms with Gasteiger partial charge in [-0.1, -0.05) is 261 Å². The smallest absolute Gasteiger partial charge is 0.285 e. The highest BCUT2D eigenvalue weighted by atomic mass is 16.9. The summed E-state index contributed by atoms with van der Waals surface area (Å²) in [6.45, 7) is 20.5. The van der Waals surface area contributed by atoms with Gasteiger partial charge in [-0.15, -0.1) is 0 Å². The van der Waals surface area contributed by atoms with Crippen molar-refractivity contribution in [1.82, 2.24) is 0 Å². The molecule has 2 unspecified atom stereocenters. The Morgan fingerprint density at radius 3 is 0.718 bits per heavy atom. The summed E-state index contributed by atoms with van der Waals surface area (Å²) in [6, 6.07) is 0. The minimum Gasteiger partial charge on any atom is -0.329 e. The largest absolute Gasteiger partial charge is 0.329 e. The molecule has 0 N–H and O–H groups in total. The first kappa shape index (κ1) is 70.6. The zero-order valence-electron chi connectivity index (χ0n) is 49.2. The van der Waals surface area contributed by atoms with Gasteiger partial charge in [0.2, 0.25) is 0 Å². The van der Waals surface area contributed by atoms with E-state index < -0.39 is 24.5 Å². The summed E-state index contributed by atoms with van der Waals surface area (Å²) >= 11 is 0. The first-order valence-electron chi connectivity index (χ1n) is 31.7. The molecule has 71 heavy (non-hydrogen) atoms. The Labute approximate surface area is 443 Å². The Morgan fingerprint density at radius 1 is 0.254 bits per heavy atom. The van der Waals surface area contributed by atoms with Crippen molar-refractivity contribution in [2.75, 3.05) is 40.0 Å². The lowest BCUT2D eigenvalue weighted by atomic mass is 10.1. The van der Waals surface area contributed by atoms with Gasteiger partial charge in [0.25, 0.3) is 11.9 Å². The number of hydrogen-bond acceptors (Lipinski definition) is 9. The minimum atomic E-state index is -1.14. The highest BCUT2D eigenvalue weighted by molar-refractivity contribution is 4.65. The summed E-state index contributed by atoms with van der Waals surface area (Å²) in [7, 11) is 0. The van der Waals surface area contributed by atoms with Crippen molar-refractivity contribution in [1.29, 1.82) is 0 Å². The molecule has 0 rings (SSSR count). The predicted octanol–water partition coefficient (Wildman–Crippen LogP) is 20.3. The van der Waals surface area contributed by atoms with Crippen molar-refractivity contribution in [3.63, 3.8) is 0 Å². The minimum absolute atomic E-state index is 0.0274. The summed E-state index contributed by atoms with van der Waals surface area (Å²) < 4.78 is 59.7. The van der Waals surface area contributed by atoms with Crippen LogP contribution in [0.5, 0.6) is 0 Å². The van der Waals surface area contributed by atoms with Crippen LogP contribution in [0, 0.1) is 0 Å². The molecule has 2 atom stereocenters. The quantitative estimate of drug-likeness (QED) is 0.0437. The SMILES string of the molecule is CCCCCCCCCCOC(CCCC)(OCCCCCCCCCC)OC(CCCC)OCOCOC(CCCC)OC(CCCC)(OCCCCCCCCCC)OCCCCCCCCCC. The van der Waals surface area contributed by atoms with Gasteiger partial charge in [0, 0.05) is 12.8 Å². The maximum absolute atomic E-state index is 6.89. The second-order valence-corrected chi connectivity index (χ2v) is 21.0. The number of ether oxygens (including phenoxy) is 9. The van der Waals surface area contributed by atoms with Crippen LogP contribution in [0.2, 0.25) is 0 Å². The van der Waals surface area contributed by atoms with Gasteiger partial charge in [0.05, 0.1) is 26.4 Å². The standard InChI is InChI=1S/C62H126O9/c1-9-17-25-29-33-37-41-45-53-66-61(51-23-15-7,67-54-46-42-38-34-30-26-18-10-2)70-59(49-21-13-5)64-57-63-58-65-60(50-22-14-6)71-62(52-24-16-8,68-55-47-43-39-35-31-27-19-11-3)69-56-48-44-40-36-32-28-20-12-4/h59-60H,9-58H2,1-8H3. The van der Waals surface area contributed by atoms with Crippen LogP contribution in [0.25, 0.3) is 0 Å². The molecule has 0 aromatic heterocycles. The van der Waals surface area contributed by atoms with Crippen molar-refractivity contribution >= 4 is 0 Å². The Balaban J connectivity index is 5.90. The predicted molar refractivity (Wildman–Crippen MR) is 301 cm³/mol. The van der Waals surface area contributed by atoms with E-state index in [-0.39, 0.29) is 13.6 Å². The van der Waals surface area contributed by atoms with Crippen LogP contribution in [0.3, 0.4) is 0 Å². The van der Waals surface area contributed by atoms with E-state index in [0.717, 1.165) is 116 Å². The van der Waals surface area contributed by atoms with Crippen LogP contribution in [0.4, 0.5) is 0 Å². The van der Waals surface area contributed by atoms with Gasteiger partial charge in [-0.25, -0.2) is 0 Å². The van der Waals surface area contributed by atoms with E-state index in [2.05, 4.69) is 55.4 Å². The lowest BCUT2D eigenvalue weighted by Gasteiger charge is -2.37. The van der Waals surface area contributed by atoms with Crippen LogP contribution in [-0.2, 0) is 42.6 Å². The van der Waals surface area contributed by atoms with Crippen molar-refractivity contribution in [3.8, 4) is 0 Å². The van der Waals surface area contributed by atoms with Crippen molar-refractivity contribution in [2.45, 2.75) is 362 Å². The summed E-state index contributed by atoms with van der Waals surface area (Å²) in [5.41, 5.74) is 0. The lowest BCUT2D eigenvalue weighted by molar-refractivity contribution is -0.432. The number of rotatable bonds is 62. The molecule has 9 heteroatoms. The normalized spacial score (nSPS) is 13.2. The third-order valence-electron chi connectivity index (χ3n) is 13.8. The molecule has 0 radical (unpaired) electrons. The molecular weight excluding hydrogens is 889 g/mol. The molecule has 0 bridgehead atoms. The number of hydrogen-bond donors (Lipinski definition) is 0. The van der Waals surface area contributed by atoms with Gasteiger partial charge in [0.1, 0.15) is 0 Å². The van der Waals surface area contributed by atoms with E-state index >= 15 is 0 Å². The second-order valence-electron chi connectivity index (χ2n) is 21.0. The maximum atomic E-state index is 6.89. The van der Waals surface area contributed by atoms with Gasteiger partial charge >= 0.3 is 0 Å². The lowest BCUT2D eigenvalue weighted by Crippen LogP contribution is -2.44. The molecule has 9 nitrogen and oxygen atoms in total. The van der Waals surface area contributed by atoms with Crippen molar-refractivity contribution < 1.29 is 42.6 Å². The van der Waals surface area contributed by atoms with E-state index in [9.17, 15) is 0 Å². The Bertz CT molecular complexity index is 880. The highest BCUT2D eigenvalue weighted by Gasteiger charge is 2.38. The van der Waals surface area contributed by atoms with E-state index in [1.807, 2.05) is 0 Å². The molecule has 0 saturated carbocycles. The van der Waals surface area contributed by atoms with Gasteiger partial charge in [-0.05, 0) is 64.2 Å². The molecule has 0 aliphatic heterocycles. The third kappa shape index (κ3) is 45.5. The highest BCUT2D eigenvalue weighted by Crippen LogP contribution is 2.31. The fraction of sp³-hybridized carbons (Fsp3) is 1.00. The van der Waals surface area contributed by atoms with Gasteiger partial charge in [-0.2, -0.15) is 0 Å². The van der Waals surface area contributed by atoms with Crippen LogP contribution in [-0.4, -0.2) is 64.5 Å². The fourth-order valence-electron chi connectivity index (χ4n) is 9.04. The zero-order valence-corrected chi connectivity index (χ0v) is 49.2. The third-order valence-corrected chi connectivity index (χ3v) is 13.8. The molecule has 0 amide bonds. The average molecular weight is 1020 g/mol. The van der Waals surface area contributed by atoms with Gasteiger partial charge in [-0.3, -0.25) is 9.47 Å². The molecule has 428 valence electrons.